The van der Waals surface area contributed by atoms with E-state index in [9.17, 15) is 0 Å². The van der Waals surface area contributed by atoms with E-state index in [0.717, 1.165) is 37.4 Å². The van der Waals surface area contributed by atoms with Crippen LogP contribution in [0, 0.1) is 4.77 Å². The van der Waals surface area contributed by atoms with E-state index < -0.39 is 0 Å². The Morgan fingerprint density at radius 3 is 3.20 bits per heavy atom. The summed E-state index contributed by atoms with van der Waals surface area (Å²) in [6.07, 6.45) is 6.49. The number of nitrogens with one attached hydrogen (secondary N) is 1. The van der Waals surface area contributed by atoms with Crippen LogP contribution in [0.5, 0.6) is 0 Å². The smallest absolute Gasteiger partial charge is 0.199 e. The van der Waals surface area contributed by atoms with E-state index in [1.807, 2.05) is 16.7 Å². The van der Waals surface area contributed by atoms with E-state index in [4.69, 9.17) is 21.7 Å². The second-order valence-electron chi connectivity index (χ2n) is 4.60. The zero-order chi connectivity index (χ0) is 13.8. The van der Waals surface area contributed by atoms with E-state index in [0.29, 0.717) is 11.4 Å². The number of aromatic nitrogens is 4. The molecule has 1 aliphatic heterocycles. The van der Waals surface area contributed by atoms with Crippen molar-refractivity contribution in [3.8, 4) is 5.69 Å². The minimum Gasteiger partial charge on any atom is -0.353 e. The molecule has 0 aliphatic carbocycles. The third kappa shape index (κ3) is 2.95. The molecule has 1 fully saturated rings. The van der Waals surface area contributed by atoms with Gasteiger partial charge in [-0.15, -0.1) is 0 Å². The maximum absolute atomic E-state index is 5.75. The van der Waals surface area contributed by atoms with Gasteiger partial charge in [0, 0.05) is 12.8 Å². The second-order valence-corrected chi connectivity index (χ2v) is 4.99. The Kier molecular flexibility index (Phi) is 4.19. The van der Waals surface area contributed by atoms with Gasteiger partial charge in [0.2, 0.25) is 0 Å². The van der Waals surface area contributed by atoms with Gasteiger partial charge < -0.3 is 9.47 Å². The summed E-state index contributed by atoms with van der Waals surface area (Å²) in [7, 11) is 0. The second kappa shape index (κ2) is 6.25. The highest BCUT2D eigenvalue weighted by Crippen LogP contribution is 2.16. The van der Waals surface area contributed by atoms with Crippen LogP contribution in [0.15, 0.2) is 24.5 Å². The van der Waals surface area contributed by atoms with Crippen molar-refractivity contribution in [3.05, 3.63) is 35.1 Å². The predicted molar refractivity (Wildman–Crippen MR) is 74.9 cm³/mol. The normalized spacial score (nSPS) is 19.1. The fraction of sp³-hybridized carbons (Fsp3) is 0.462. The van der Waals surface area contributed by atoms with Crippen LogP contribution < -0.4 is 0 Å². The zero-order valence-corrected chi connectivity index (χ0v) is 11.8. The van der Waals surface area contributed by atoms with Crippen LogP contribution in [0.2, 0.25) is 0 Å². The van der Waals surface area contributed by atoms with Gasteiger partial charge >= 0.3 is 0 Å². The molecule has 6 nitrogen and oxygen atoms in total. The molecule has 2 aromatic rings. The average Bonchev–Trinajstić information content (AvgIpc) is 2.88. The first-order valence-electron chi connectivity index (χ1n) is 6.64. The molecule has 20 heavy (non-hydrogen) atoms. The lowest BCUT2D eigenvalue weighted by Gasteiger charge is -2.22. The minimum absolute atomic E-state index is 0.142. The number of H-pyrrole nitrogens is 1. The van der Waals surface area contributed by atoms with Crippen molar-refractivity contribution >= 4 is 12.2 Å². The molecule has 3 rings (SSSR count). The van der Waals surface area contributed by atoms with Crippen molar-refractivity contribution in [1.82, 2.24) is 19.7 Å². The summed E-state index contributed by atoms with van der Waals surface area (Å²) < 4.78 is 13.6. The first kappa shape index (κ1) is 13.4. The Balaban J connectivity index is 1.75. The molecule has 3 heterocycles. The number of hydrogen-bond acceptors (Lipinski definition) is 5. The van der Waals surface area contributed by atoms with Gasteiger partial charge in [0.25, 0.3) is 0 Å². The van der Waals surface area contributed by atoms with E-state index in [2.05, 4.69) is 15.2 Å². The van der Waals surface area contributed by atoms with Gasteiger partial charge in [0.05, 0.1) is 11.9 Å². The molecule has 1 saturated heterocycles. The SMILES string of the molecule is S=c1[nH]nc(COC2CCCCO2)n1-c1cccnc1. The average molecular weight is 292 g/mol. The van der Waals surface area contributed by atoms with Crippen LogP contribution in [0.4, 0.5) is 0 Å². The molecular weight excluding hydrogens is 276 g/mol. The molecule has 1 atom stereocenters. The summed E-state index contributed by atoms with van der Waals surface area (Å²) in [6.45, 7) is 1.12. The van der Waals surface area contributed by atoms with Crippen LogP contribution in [0.25, 0.3) is 5.69 Å². The topological polar surface area (TPSA) is 65.0 Å². The Hall–Kier alpha value is -1.57. The van der Waals surface area contributed by atoms with E-state index in [1.165, 1.54) is 0 Å². The molecular formula is C13H16N4O2S. The fourth-order valence-corrected chi connectivity index (χ4v) is 2.45. The summed E-state index contributed by atoms with van der Waals surface area (Å²) >= 11 is 5.26. The van der Waals surface area contributed by atoms with Crippen molar-refractivity contribution in [2.45, 2.75) is 32.2 Å². The lowest BCUT2D eigenvalue weighted by Crippen LogP contribution is -2.22. The number of hydrogen-bond donors (Lipinski definition) is 1. The predicted octanol–water partition coefficient (Wildman–Crippen LogP) is 2.37. The number of ether oxygens (including phenoxy) is 2. The van der Waals surface area contributed by atoms with Crippen LogP contribution in [0.3, 0.4) is 0 Å². The van der Waals surface area contributed by atoms with E-state index in [1.54, 1.807) is 12.4 Å². The van der Waals surface area contributed by atoms with Gasteiger partial charge in [-0.2, -0.15) is 5.10 Å². The van der Waals surface area contributed by atoms with Crippen molar-refractivity contribution < 1.29 is 9.47 Å². The summed E-state index contributed by atoms with van der Waals surface area (Å²) in [5.41, 5.74) is 0.870. The van der Waals surface area contributed by atoms with Gasteiger partial charge in [0.1, 0.15) is 6.61 Å². The molecule has 0 aromatic carbocycles. The zero-order valence-electron chi connectivity index (χ0n) is 11.0. The Bertz CT molecular complexity index is 604. The number of aromatic amines is 1. The van der Waals surface area contributed by atoms with Crippen molar-refractivity contribution in [1.29, 1.82) is 0 Å². The third-order valence-electron chi connectivity index (χ3n) is 3.18. The number of rotatable bonds is 4. The summed E-state index contributed by atoms with van der Waals surface area (Å²) in [5, 5.41) is 7.00. The van der Waals surface area contributed by atoms with E-state index in [-0.39, 0.29) is 6.29 Å². The Morgan fingerprint density at radius 2 is 2.45 bits per heavy atom. The van der Waals surface area contributed by atoms with Gasteiger partial charge in [-0.25, -0.2) is 0 Å². The van der Waals surface area contributed by atoms with Crippen LogP contribution >= 0.6 is 12.2 Å². The molecule has 7 heteroatoms. The lowest BCUT2D eigenvalue weighted by molar-refractivity contribution is -0.170. The highest BCUT2D eigenvalue weighted by molar-refractivity contribution is 7.71. The molecule has 0 saturated carbocycles. The quantitative estimate of drug-likeness (QED) is 0.876. The lowest BCUT2D eigenvalue weighted by atomic mass is 10.2. The number of nitrogens with zero attached hydrogens (tertiary/aromatic N) is 3. The van der Waals surface area contributed by atoms with Gasteiger partial charge in [-0.05, 0) is 43.6 Å². The standard InChI is InChI=1S/C13H16N4O2S/c20-13-16-15-11(9-19-12-5-1-2-7-18-12)17(13)10-4-3-6-14-8-10/h3-4,6,8,12H,1-2,5,7,9H2,(H,16,20). The number of pyridine rings is 1. The Morgan fingerprint density at radius 1 is 1.50 bits per heavy atom. The molecule has 1 aliphatic rings. The molecule has 0 bridgehead atoms. The van der Waals surface area contributed by atoms with Crippen molar-refractivity contribution in [2.75, 3.05) is 6.61 Å². The van der Waals surface area contributed by atoms with Crippen molar-refractivity contribution in [2.24, 2.45) is 0 Å². The summed E-state index contributed by atoms with van der Waals surface area (Å²) in [5.74, 6) is 0.720. The first-order valence-corrected chi connectivity index (χ1v) is 7.05. The molecule has 0 amide bonds. The molecule has 106 valence electrons. The fourth-order valence-electron chi connectivity index (χ4n) is 2.19. The largest absolute Gasteiger partial charge is 0.353 e. The molecule has 0 spiro atoms. The first-order chi connectivity index (χ1) is 9.84. The maximum atomic E-state index is 5.75. The van der Waals surface area contributed by atoms with Gasteiger partial charge in [-0.1, -0.05) is 0 Å². The van der Waals surface area contributed by atoms with Crippen LogP contribution in [-0.2, 0) is 16.1 Å². The third-order valence-corrected chi connectivity index (χ3v) is 3.46. The molecule has 2 aromatic heterocycles. The van der Waals surface area contributed by atoms with Gasteiger partial charge in [-0.3, -0.25) is 14.6 Å². The molecule has 0 radical (unpaired) electrons. The van der Waals surface area contributed by atoms with Crippen LogP contribution in [-0.4, -0.2) is 32.6 Å². The maximum Gasteiger partial charge on any atom is 0.199 e. The minimum atomic E-state index is -0.142. The summed E-state index contributed by atoms with van der Waals surface area (Å²) in [6, 6.07) is 3.79. The monoisotopic (exact) mass is 292 g/mol. The Labute approximate surface area is 121 Å². The molecule has 1 N–H and O–H groups in total. The highest BCUT2D eigenvalue weighted by atomic mass is 32.1. The van der Waals surface area contributed by atoms with Crippen molar-refractivity contribution in [3.63, 3.8) is 0 Å². The van der Waals surface area contributed by atoms with Crippen LogP contribution in [0.1, 0.15) is 25.1 Å². The molecule has 1 unspecified atom stereocenters. The van der Waals surface area contributed by atoms with E-state index >= 15 is 0 Å². The summed E-state index contributed by atoms with van der Waals surface area (Å²) in [4.78, 5) is 4.10. The van der Waals surface area contributed by atoms with Gasteiger partial charge in [0.15, 0.2) is 16.9 Å². The highest BCUT2D eigenvalue weighted by Gasteiger charge is 2.16.